The van der Waals surface area contributed by atoms with E-state index in [1.165, 1.54) is 25.5 Å². The van der Waals surface area contributed by atoms with Gasteiger partial charge in [-0.15, -0.1) is 11.3 Å². The normalized spacial score (nSPS) is 20.0. The van der Waals surface area contributed by atoms with Gasteiger partial charge in [-0.2, -0.15) is 0 Å². The highest BCUT2D eigenvalue weighted by atomic mass is 32.1. The molecule has 0 bridgehead atoms. The van der Waals surface area contributed by atoms with Crippen LogP contribution in [0.2, 0.25) is 0 Å². The first-order chi connectivity index (χ1) is 11.9. The number of carbonyl (C=O) groups excluding carboxylic acids is 3. The Kier molecular flexibility index (Phi) is 6.55. The van der Waals surface area contributed by atoms with Crippen LogP contribution in [0.15, 0.2) is 0 Å². The van der Waals surface area contributed by atoms with Crippen molar-refractivity contribution in [2.75, 3.05) is 32.6 Å². The van der Waals surface area contributed by atoms with Crippen LogP contribution in [0.1, 0.15) is 51.8 Å². The van der Waals surface area contributed by atoms with E-state index >= 15 is 0 Å². The average Bonchev–Trinajstić information content (AvgIpc) is 2.91. The standard InChI is InChI=1S/C17H24N2O5S/c1-10-7-5-6-8-19(10)9-12(20)18-15-13(16(21)23-3)11(2)14(25-15)17(22)24-4/h10H,5-9H2,1-4H3,(H,18,20)/p+1/t10-/m0/s1. The van der Waals surface area contributed by atoms with Gasteiger partial charge in [0.25, 0.3) is 5.91 Å². The number of amides is 1. The fourth-order valence-corrected chi connectivity index (χ4v) is 4.26. The molecule has 138 valence electrons. The number of methoxy groups -OCH3 is 2. The van der Waals surface area contributed by atoms with Crippen molar-refractivity contribution in [3.8, 4) is 0 Å². The van der Waals surface area contributed by atoms with Crippen molar-refractivity contribution < 1.29 is 28.8 Å². The van der Waals surface area contributed by atoms with Gasteiger partial charge in [-0.3, -0.25) is 4.79 Å². The van der Waals surface area contributed by atoms with Gasteiger partial charge in [-0.1, -0.05) is 0 Å². The number of piperidine rings is 1. The first-order valence-corrected chi connectivity index (χ1v) is 9.15. The average molecular weight is 369 g/mol. The highest BCUT2D eigenvalue weighted by Crippen LogP contribution is 2.34. The summed E-state index contributed by atoms with van der Waals surface area (Å²) in [7, 11) is 2.54. The van der Waals surface area contributed by atoms with Crippen LogP contribution in [0.25, 0.3) is 0 Å². The molecule has 2 atom stereocenters. The second kappa shape index (κ2) is 8.44. The largest absolute Gasteiger partial charge is 0.465 e. The number of likely N-dealkylation sites (tertiary alicyclic amines) is 1. The van der Waals surface area contributed by atoms with Crippen molar-refractivity contribution in [1.29, 1.82) is 0 Å². The van der Waals surface area contributed by atoms with Crippen LogP contribution in [0.4, 0.5) is 5.00 Å². The Morgan fingerprint density at radius 3 is 2.48 bits per heavy atom. The molecule has 0 aromatic carbocycles. The number of ether oxygens (including phenoxy) is 2. The summed E-state index contributed by atoms with van der Waals surface area (Å²) in [6.45, 7) is 5.09. The Balaban J connectivity index is 2.20. The van der Waals surface area contributed by atoms with Crippen LogP contribution >= 0.6 is 11.3 Å². The lowest BCUT2D eigenvalue weighted by molar-refractivity contribution is -0.920. The number of carbonyl (C=O) groups is 3. The maximum Gasteiger partial charge on any atom is 0.348 e. The quantitative estimate of drug-likeness (QED) is 0.757. The Morgan fingerprint density at radius 2 is 1.88 bits per heavy atom. The van der Waals surface area contributed by atoms with E-state index in [1.54, 1.807) is 6.92 Å². The zero-order valence-electron chi connectivity index (χ0n) is 15.1. The molecular weight excluding hydrogens is 344 g/mol. The van der Waals surface area contributed by atoms with Crippen LogP contribution in [0.3, 0.4) is 0 Å². The van der Waals surface area contributed by atoms with Crippen LogP contribution < -0.4 is 10.2 Å². The molecular formula is C17H25N2O5S+. The van der Waals surface area contributed by atoms with E-state index in [9.17, 15) is 14.4 Å². The molecule has 1 aliphatic heterocycles. The minimum absolute atomic E-state index is 0.174. The van der Waals surface area contributed by atoms with Crippen LogP contribution in [-0.2, 0) is 14.3 Å². The van der Waals surface area contributed by atoms with Crippen molar-refractivity contribution in [1.82, 2.24) is 0 Å². The predicted molar refractivity (Wildman–Crippen MR) is 94.4 cm³/mol. The molecule has 2 rings (SSSR count). The third-order valence-corrected chi connectivity index (χ3v) is 5.82. The van der Waals surface area contributed by atoms with Crippen molar-refractivity contribution in [2.24, 2.45) is 0 Å². The van der Waals surface area contributed by atoms with Gasteiger partial charge in [0, 0.05) is 0 Å². The lowest BCUT2D eigenvalue weighted by Gasteiger charge is -2.29. The Hall–Kier alpha value is -1.93. The van der Waals surface area contributed by atoms with E-state index in [-0.39, 0.29) is 16.3 Å². The van der Waals surface area contributed by atoms with E-state index in [4.69, 9.17) is 9.47 Å². The summed E-state index contributed by atoms with van der Waals surface area (Å²) in [4.78, 5) is 37.9. The maximum absolute atomic E-state index is 12.5. The van der Waals surface area contributed by atoms with Crippen LogP contribution in [0, 0.1) is 6.92 Å². The Bertz CT molecular complexity index is 670. The SMILES string of the molecule is COC(=O)c1sc(NC(=O)C[NH+]2CCCC[C@@H]2C)c(C(=O)OC)c1C. The van der Waals surface area contributed by atoms with Gasteiger partial charge in [0.2, 0.25) is 0 Å². The molecule has 0 spiro atoms. The smallest absolute Gasteiger partial charge is 0.348 e. The summed E-state index contributed by atoms with van der Waals surface area (Å²) in [5.41, 5.74) is 0.667. The summed E-state index contributed by atoms with van der Waals surface area (Å²) in [6.07, 6.45) is 3.43. The molecule has 1 fully saturated rings. The summed E-state index contributed by atoms with van der Waals surface area (Å²) in [6, 6.07) is 0.440. The zero-order valence-corrected chi connectivity index (χ0v) is 15.9. The van der Waals surface area contributed by atoms with E-state index in [0.717, 1.165) is 30.7 Å². The summed E-state index contributed by atoms with van der Waals surface area (Å²) >= 11 is 1.04. The van der Waals surface area contributed by atoms with Gasteiger partial charge in [0.15, 0.2) is 6.54 Å². The number of hydrogen-bond acceptors (Lipinski definition) is 6. The highest BCUT2D eigenvalue weighted by molar-refractivity contribution is 7.18. The maximum atomic E-state index is 12.5. The van der Waals surface area contributed by atoms with E-state index < -0.39 is 11.9 Å². The van der Waals surface area contributed by atoms with Crippen molar-refractivity contribution in [2.45, 2.75) is 39.2 Å². The summed E-state index contributed by atoms with van der Waals surface area (Å²) in [5.74, 6) is -1.30. The fourth-order valence-electron chi connectivity index (χ4n) is 3.13. The summed E-state index contributed by atoms with van der Waals surface area (Å²) in [5, 5.41) is 3.12. The molecule has 0 aliphatic carbocycles. The molecule has 0 saturated carbocycles. The second-order valence-electron chi connectivity index (χ2n) is 6.27. The highest BCUT2D eigenvalue weighted by Gasteiger charge is 2.29. The Labute approximate surface area is 151 Å². The molecule has 1 aromatic heterocycles. The molecule has 1 aliphatic rings. The van der Waals surface area contributed by atoms with Gasteiger partial charge in [0.1, 0.15) is 9.88 Å². The van der Waals surface area contributed by atoms with E-state index in [0.29, 0.717) is 23.2 Å². The number of hydrogen-bond donors (Lipinski definition) is 2. The molecule has 1 amide bonds. The molecule has 0 radical (unpaired) electrons. The molecule has 8 heteroatoms. The zero-order chi connectivity index (χ0) is 18.6. The van der Waals surface area contributed by atoms with Crippen molar-refractivity contribution in [3.05, 3.63) is 16.0 Å². The third kappa shape index (κ3) is 4.38. The second-order valence-corrected chi connectivity index (χ2v) is 7.29. The number of rotatable bonds is 5. The minimum Gasteiger partial charge on any atom is -0.465 e. The van der Waals surface area contributed by atoms with E-state index in [2.05, 4.69) is 12.2 Å². The van der Waals surface area contributed by atoms with Gasteiger partial charge >= 0.3 is 11.9 Å². The molecule has 1 aromatic rings. The van der Waals surface area contributed by atoms with Crippen molar-refractivity contribution >= 4 is 34.2 Å². The Morgan fingerprint density at radius 1 is 1.20 bits per heavy atom. The van der Waals surface area contributed by atoms with Crippen molar-refractivity contribution in [3.63, 3.8) is 0 Å². The van der Waals surface area contributed by atoms with Crippen LogP contribution in [-0.4, -0.2) is 51.2 Å². The van der Waals surface area contributed by atoms with Gasteiger partial charge < -0.3 is 19.7 Å². The fraction of sp³-hybridized carbons (Fsp3) is 0.588. The number of anilines is 1. The first-order valence-electron chi connectivity index (χ1n) is 8.33. The molecule has 2 N–H and O–H groups in total. The number of nitrogens with one attached hydrogen (secondary N) is 2. The first kappa shape index (κ1) is 19.4. The minimum atomic E-state index is -0.585. The number of thiophene rings is 1. The number of quaternary nitrogens is 1. The number of esters is 2. The predicted octanol–water partition coefficient (Wildman–Crippen LogP) is 1.03. The van der Waals surface area contributed by atoms with Gasteiger partial charge in [-0.25, -0.2) is 9.59 Å². The molecule has 2 heterocycles. The van der Waals surface area contributed by atoms with Gasteiger partial charge in [0.05, 0.1) is 32.4 Å². The topological polar surface area (TPSA) is 86.1 Å². The molecule has 25 heavy (non-hydrogen) atoms. The monoisotopic (exact) mass is 369 g/mol. The van der Waals surface area contributed by atoms with Crippen LogP contribution in [0.5, 0.6) is 0 Å². The molecule has 1 unspecified atom stereocenters. The molecule has 1 saturated heterocycles. The molecule has 7 nitrogen and oxygen atoms in total. The lowest BCUT2D eigenvalue weighted by Crippen LogP contribution is -3.17. The van der Waals surface area contributed by atoms with Gasteiger partial charge in [-0.05, 0) is 38.7 Å². The third-order valence-electron chi connectivity index (χ3n) is 4.63. The lowest BCUT2D eigenvalue weighted by atomic mass is 10.0. The summed E-state index contributed by atoms with van der Waals surface area (Å²) < 4.78 is 9.53. The van der Waals surface area contributed by atoms with E-state index in [1.807, 2.05) is 0 Å².